The average Bonchev–Trinajstić information content (AvgIpc) is 3.76. The molecule has 4 heterocycles. The van der Waals surface area contributed by atoms with Crippen molar-refractivity contribution in [2.45, 2.75) is 38.1 Å². The van der Waals surface area contributed by atoms with E-state index in [0.29, 0.717) is 23.7 Å². The number of hydrogen-bond donors (Lipinski definition) is 2. The number of hydrogen-bond acceptors (Lipinski definition) is 6. The van der Waals surface area contributed by atoms with Crippen molar-refractivity contribution in [2.75, 3.05) is 46.9 Å². The van der Waals surface area contributed by atoms with Crippen molar-refractivity contribution in [3.63, 3.8) is 0 Å². The van der Waals surface area contributed by atoms with Gasteiger partial charge in [0, 0.05) is 30.6 Å². The number of likely N-dealkylation sites (tertiary alicyclic amines) is 2. The van der Waals surface area contributed by atoms with E-state index in [9.17, 15) is 0 Å². The summed E-state index contributed by atoms with van der Waals surface area (Å²) in [4.78, 5) is 4.79. The van der Waals surface area contributed by atoms with E-state index in [-0.39, 0.29) is 0 Å². The SMILES string of the molecule is CN1CCCC(COc2cc(-c3ccccc3)[nH]n2)C1.CN1CCCC1CCOc1cc(-c2ccccc2)[nH]n1. The maximum absolute atomic E-state index is 5.83. The Bertz CT molecular complexity index is 1270. The van der Waals surface area contributed by atoms with Gasteiger partial charge in [-0.1, -0.05) is 60.7 Å². The number of H-pyrrole nitrogens is 2. The van der Waals surface area contributed by atoms with Gasteiger partial charge in [-0.3, -0.25) is 10.2 Å². The van der Waals surface area contributed by atoms with E-state index in [1.54, 1.807) is 0 Å². The molecule has 0 amide bonds. The molecule has 40 heavy (non-hydrogen) atoms. The highest BCUT2D eigenvalue weighted by Crippen LogP contribution is 2.23. The first kappa shape index (κ1) is 27.9. The van der Waals surface area contributed by atoms with Gasteiger partial charge in [0.15, 0.2) is 0 Å². The molecule has 0 aliphatic carbocycles. The fraction of sp³-hybridized carbons (Fsp3) is 0.438. The predicted octanol–water partition coefficient (Wildman–Crippen LogP) is 5.74. The van der Waals surface area contributed by atoms with Crippen molar-refractivity contribution in [3.8, 4) is 34.3 Å². The van der Waals surface area contributed by atoms with Crippen LogP contribution in [0.1, 0.15) is 32.1 Å². The molecule has 8 nitrogen and oxygen atoms in total. The van der Waals surface area contributed by atoms with Gasteiger partial charge >= 0.3 is 0 Å². The van der Waals surface area contributed by atoms with Crippen LogP contribution in [0.5, 0.6) is 11.8 Å². The molecule has 2 aliphatic heterocycles. The molecule has 2 unspecified atom stereocenters. The Labute approximate surface area is 237 Å². The molecule has 2 N–H and O–H groups in total. The molecule has 2 atom stereocenters. The van der Waals surface area contributed by atoms with Crippen LogP contribution in [-0.4, -0.2) is 83.2 Å². The third kappa shape index (κ3) is 7.96. The van der Waals surface area contributed by atoms with E-state index in [1.165, 1.54) is 38.8 Å². The molecule has 212 valence electrons. The van der Waals surface area contributed by atoms with Crippen LogP contribution in [0.2, 0.25) is 0 Å². The molecule has 0 bridgehead atoms. The number of benzene rings is 2. The Morgan fingerprint density at radius 2 is 1.38 bits per heavy atom. The standard InChI is InChI=1S/2C16H21N3O/c1-19-9-5-6-13(11-19)12-20-16-10-15(17-18-16)14-7-3-2-4-8-14;1-19-10-5-8-14(19)9-11-20-16-12-15(17-18-16)13-6-3-2-4-7-13/h2-4,7-8,10,13H,5-6,9,11-12H2,1H3,(H,17,18);2-4,6-7,12,14H,5,8-11H2,1H3,(H,17,18). The van der Waals surface area contributed by atoms with Gasteiger partial charge in [-0.05, 0) is 70.4 Å². The van der Waals surface area contributed by atoms with Crippen LogP contribution in [0.3, 0.4) is 0 Å². The maximum atomic E-state index is 5.83. The Morgan fingerprint density at radius 1 is 0.775 bits per heavy atom. The second kappa shape index (κ2) is 14.1. The van der Waals surface area contributed by atoms with Gasteiger partial charge in [0.05, 0.1) is 24.6 Å². The van der Waals surface area contributed by atoms with E-state index >= 15 is 0 Å². The molecule has 2 saturated heterocycles. The van der Waals surface area contributed by atoms with Crippen LogP contribution >= 0.6 is 0 Å². The average molecular weight is 543 g/mol. The zero-order valence-corrected chi connectivity index (χ0v) is 23.8. The zero-order valence-electron chi connectivity index (χ0n) is 23.8. The number of rotatable bonds is 9. The quantitative estimate of drug-likeness (QED) is 0.281. The fourth-order valence-electron chi connectivity index (χ4n) is 5.54. The summed E-state index contributed by atoms with van der Waals surface area (Å²) in [6, 6.07) is 25.0. The van der Waals surface area contributed by atoms with E-state index < -0.39 is 0 Å². The number of aromatic amines is 2. The van der Waals surface area contributed by atoms with E-state index in [1.807, 2.05) is 48.5 Å². The molecule has 0 spiro atoms. The molecule has 0 saturated carbocycles. The zero-order chi connectivity index (χ0) is 27.6. The molecular formula is C32H42N6O2. The minimum atomic E-state index is 0.616. The van der Waals surface area contributed by atoms with Gasteiger partial charge in [0.1, 0.15) is 0 Å². The fourth-order valence-corrected chi connectivity index (χ4v) is 5.54. The predicted molar refractivity (Wildman–Crippen MR) is 160 cm³/mol. The molecule has 8 heteroatoms. The summed E-state index contributed by atoms with van der Waals surface area (Å²) < 4.78 is 11.6. The van der Waals surface area contributed by atoms with Gasteiger partial charge in [-0.2, -0.15) is 0 Å². The topological polar surface area (TPSA) is 82.3 Å². The highest BCUT2D eigenvalue weighted by Gasteiger charge is 2.20. The monoisotopic (exact) mass is 542 g/mol. The third-order valence-corrected chi connectivity index (χ3v) is 7.84. The molecule has 0 radical (unpaired) electrons. The van der Waals surface area contributed by atoms with Crippen molar-refractivity contribution in [1.29, 1.82) is 0 Å². The van der Waals surface area contributed by atoms with Crippen LogP contribution in [-0.2, 0) is 0 Å². The molecule has 2 aromatic heterocycles. The molecule has 2 fully saturated rings. The van der Waals surface area contributed by atoms with E-state index in [4.69, 9.17) is 9.47 Å². The second-order valence-corrected chi connectivity index (χ2v) is 11.0. The van der Waals surface area contributed by atoms with Crippen molar-refractivity contribution < 1.29 is 9.47 Å². The number of piperidine rings is 1. The summed E-state index contributed by atoms with van der Waals surface area (Å²) in [5.74, 6) is 1.99. The highest BCUT2D eigenvalue weighted by atomic mass is 16.5. The highest BCUT2D eigenvalue weighted by molar-refractivity contribution is 5.60. The molecule has 6 rings (SSSR count). The Morgan fingerprint density at radius 3 is 1.95 bits per heavy atom. The Balaban J connectivity index is 0.000000161. The van der Waals surface area contributed by atoms with Gasteiger partial charge in [-0.15, -0.1) is 10.2 Å². The summed E-state index contributed by atoms with van der Waals surface area (Å²) in [6.07, 6.45) is 6.18. The summed E-state index contributed by atoms with van der Waals surface area (Å²) in [7, 11) is 4.37. The van der Waals surface area contributed by atoms with Crippen molar-refractivity contribution in [1.82, 2.24) is 30.2 Å². The third-order valence-electron chi connectivity index (χ3n) is 7.84. The smallest absolute Gasteiger partial charge is 0.233 e. The lowest BCUT2D eigenvalue weighted by atomic mass is 10.00. The number of nitrogens with zero attached hydrogens (tertiary/aromatic N) is 4. The van der Waals surface area contributed by atoms with Crippen molar-refractivity contribution in [3.05, 3.63) is 72.8 Å². The molecular weight excluding hydrogens is 500 g/mol. The van der Waals surface area contributed by atoms with E-state index in [0.717, 1.165) is 48.7 Å². The van der Waals surface area contributed by atoms with Gasteiger partial charge in [0.25, 0.3) is 0 Å². The van der Waals surface area contributed by atoms with Crippen LogP contribution in [0.15, 0.2) is 72.8 Å². The second-order valence-electron chi connectivity index (χ2n) is 11.0. The number of aromatic nitrogens is 4. The van der Waals surface area contributed by atoms with Crippen LogP contribution in [0.25, 0.3) is 22.5 Å². The lowest BCUT2D eigenvalue weighted by molar-refractivity contribution is 0.147. The lowest BCUT2D eigenvalue weighted by Gasteiger charge is -2.29. The number of ether oxygens (including phenoxy) is 2. The summed E-state index contributed by atoms with van der Waals surface area (Å²) in [6.45, 7) is 5.02. The Kier molecular flexibility index (Phi) is 9.87. The van der Waals surface area contributed by atoms with Crippen LogP contribution in [0, 0.1) is 5.92 Å². The Hall–Kier alpha value is -3.62. The molecule has 2 aromatic carbocycles. The van der Waals surface area contributed by atoms with E-state index in [2.05, 4.69) is 68.6 Å². The van der Waals surface area contributed by atoms with Gasteiger partial charge < -0.3 is 19.3 Å². The molecule has 2 aliphatic rings. The van der Waals surface area contributed by atoms with Gasteiger partial charge in [-0.25, -0.2) is 0 Å². The van der Waals surface area contributed by atoms with Crippen LogP contribution < -0.4 is 9.47 Å². The first-order valence-electron chi connectivity index (χ1n) is 14.5. The van der Waals surface area contributed by atoms with Crippen LogP contribution in [0.4, 0.5) is 0 Å². The minimum Gasteiger partial charge on any atom is -0.477 e. The molecule has 4 aromatic rings. The summed E-state index contributed by atoms with van der Waals surface area (Å²) in [5.41, 5.74) is 4.26. The largest absolute Gasteiger partial charge is 0.477 e. The maximum Gasteiger partial charge on any atom is 0.233 e. The summed E-state index contributed by atoms with van der Waals surface area (Å²) in [5, 5.41) is 14.5. The normalized spacial score (nSPS) is 19.6. The van der Waals surface area contributed by atoms with Crippen molar-refractivity contribution in [2.24, 2.45) is 5.92 Å². The number of nitrogens with one attached hydrogen (secondary N) is 2. The minimum absolute atomic E-state index is 0.616. The first-order chi connectivity index (χ1) is 19.6. The van der Waals surface area contributed by atoms with Gasteiger partial charge in [0.2, 0.25) is 11.8 Å². The summed E-state index contributed by atoms with van der Waals surface area (Å²) >= 11 is 0. The first-order valence-corrected chi connectivity index (χ1v) is 14.5. The van der Waals surface area contributed by atoms with Crippen molar-refractivity contribution >= 4 is 0 Å². The lowest BCUT2D eigenvalue weighted by Crippen LogP contribution is -2.34.